The summed E-state index contributed by atoms with van der Waals surface area (Å²) in [4.78, 5) is 24.7. The minimum Gasteiger partial charge on any atom is -0.444 e. The summed E-state index contributed by atoms with van der Waals surface area (Å²) in [5.74, 6) is 0. The number of alkyl carbamates (subject to hydrolysis) is 1. The van der Waals surface area contributed by atoms with Crippen molar-refractivity contribution in [1.82, 2.24) is 13.9 Å². The molecule has 9 nitrogen and oxygen atoms in total. The molecule has 1 aliphatic rings. The van der Waals surface area contributed by atoms with Gasteiger partial charge in [0.25, 0.3) is 0 Å². The lowest BCUT2D eigenvalue weighted by Gasteiger charge is -2.34. The first-order chi connectivity index (χ1) is 14.2. The molecule has 0 unspecified atom stereocenters. The number of nitrogens with one attached hydrogen (secondary N) is 1. The first kappa shape index (κ1) is 24.9. The number of benzene rings is 1. The summed E-state index contributed by atoms with van der Waals surface area (Å²) in [7, 11) is -4.06. The summed E-state index contributed by atoms with van der Waals surface area (Å²) in [5.41, 5.74) is -0.363. The summed E-state index contributed by atoms with van der Waals surface area (Å²) in [6.45, 7) is 11.0. The first-order valence-corrected chi connectivity index (χ1v) is 11.6. The van der Waals surface area contributed by atoms with Crippen LogP contribution >= 0.6 is 0 Å². The molecule has 0 aliphatic carbocycles. The third-order valence-corrected chi connectivity index (χ3v) is 6.56. The van der Waals surface area contributed by atoms with E-state index in [4.69, 9.17) is 9.47 Å². The molecule has 1 fully saturated rings. The first-order valence-electron chi connectivity index (χ1n) is 10.2. The number of hydrogen-bond acceptors (Lipinski definition) is 6. The van der Waals surface area contributed by atoms with Crippen LogP contribution in [0.2, 0.25) is 0 Å². The number of ether oxygens (including phenoxy) is 2. The molecule has 0 radical (unpaired) electrons. The van der Waals surface area contributed by atoms with Crippen LogP contribution in [0.1, 0.15) is 47.1 Å². The molecular weight excluding hydrogens is 422 g/mol. The molecule has 0 bridgehead atoms. The fourth-order valence-corrected chi connectivity index (χ4v) is 4.41. The third kappa shape index (κ3) is 7.10. The van der Waals surface area contributed by atoms with E-state index in [1.807, 2.05) is 39.0 Å². The second-order valence-electron chi connectivity index (χ2n) is 9.54. The maximum atomic E-state index is 12.9. The van der Waals surface area contributed by atoms with Gasteiger partial charge in [-0.2, -0.15) is 17.0 Å². The van der Waals surface area contributed by atoms with Gasteiger partial charge in [0, 0.05) is 13.1 Å². The van der Waals surface area contributed by atoms with Gasteiger partial charge in [0.2, 0.25) is 0 Å². The van der Waals surface area contributed by atoms with Gasteiger partial charge in [-0.3, -0.25) is 0 Å². The van der Waals surface area contributed by atoms with E-state index in [2.05, 4.69) is 5.32 Å². The van der Waals surface area contributed by atoms with E-state index < -0.39 is 39.5 Å². The second-order valence-corrected chi connectivity index (χ2v) is 11.4. The molecule has 2 rings (SSSR count). The molecule has 0 aromatic heterocycles. The second kappa shape index (κ2) is 9.44. The molecule has 1 atom stereocenters. The van der Waals surface area contributed by atoms with E-state index in [9.17, 15) is 18.0 Å². The average molecular weight is 456 g/mol. The molecule has 1 N–H and O–H groups in total. The fourth-order valence-electron chi connectivity index (χ4n) is 2.92. The van der Waals surface area contributed by atoms with Crippen molar-refractivity contribution in [1.29, 1.82) is 0 Å². The van der Waals surface area contributed by atoms with Gasteiger partial charge in [-0.05, 0) is 31.7 Å². The lowest BCUT2D eigenvalue weighted by atomic mass is 9.86. The maximum absolute atomic E-state index is 12.9. The molecule has 2 amide bonds. The van der Waals surface area contributed by atoms with E-state index in [-0.39, 0.29) is 26.2 Å². The Morgan fingerprint density at radius 3 is 2.23 bits per heavy atom. The van der Waals surface area contributed by atoms with Gasteiger partial charge in [0.1, 0.15) is 12.2 Å². The van der Waals surface area contributed by atoms with Crippen molar-refractivity contribution in [3.63, 3.8) is 0 Å². The Hall–Kier alpha value is -2.33. The number of carbonyl (C=O) groups excluding carboxylic acids is 2. The van der Waals surface area contributed by atoms with Crippen LogP contribution in [-0.4, -0.2) is 60.5 Å². The molecule has 1 heterocycles. The van der Waals surface area contributed by atoms with Crippen LogP contribution in [0, 0.1) is 5.41 Å². The summed E-state index contributed by atoms with van der Waals surface area (Å²) in [6.07, 6.45) is -1.54. The van der Waals surface area contributed by atoms with Crippen LogP contribution in [-0.2, 0) is 26.3 Å². The Labute approximate surface area is 184 Å². The number of nitrogens with zero attached hydrogens (tertiary/aromatic N) is 2. The van der Waals surface area contributed by atoms with Gasteiger partial charge in [0.05, 0.1) is 12.6 Å². The number of carbonyl (C=O) groups is 2. The van der Waals surface area contributed by atoms with Gasteiger partial charge in [0.15, 0.2) is 0 Å². The van der Waals surface area contributed by atoms with E-state index in [0.717, 1.165) is 9.87 Å². The van der Waals surface area contributed by atoms with Crippen molar-refractivity contribution < 1.29 is 27.5 Å². The van der Waals surface area contributed by atoms with Crippen molar-refractivity contribution >= 4 is 22.4 Å². The van der Waals surface area contributed by atoms with E-state index in [1.165, 1.54) is 4.31 Å². The Kier molecular flexibility index (Phi) is 7.59. The van der Waals surface area contributed by atoms with Crippen LogP contribution in [0.25, 0.3) is 0 Å². The summed E-state index contributed by atoms with van der Waals surface area (Å²) in [6, 6.07) is 8.49. The van der Waals surface area contributed by atoms with Crippen molar-refractivity contribution in [3.8, 4) is 0 Å². The average Bonchev–Trinajstić information content (AvgIpc) is 2.92. The summed E-state index contributed by atoms with van der Waals surface area (Å²) < 4.78 is 38.3. The van der Waals surface area contributed by atoms with Crippen molar-refractivity contribution in [2.75, 3.05) is 19.6 Å². The minimum absolute atomic E-state index is 0.00748. The molecule has 31 heavy (non-hydrogen) atoms. The standard InChI is InChI=1S/C21H33N3O6S/c1-20(2,3)17(22-18(25)30-21(4,5)6)14-23-12-13-24(31(23,27)28)19(26)29-15-16-10-8-7-9-11-16/h7-11,17H,12-15H2,1-6H3,(H,22,25)/t17-/m0/s1. The molecule has 10 heteroatoms. The highest BCUT2D eigenvalue weighted by Crippen LogP contribution is 2.25. The van der Waals surface area contributed by atoms with Gasteiger partial charge in [-0.15, -0.1) is 0 Å². The van der Waals surface area contributed by atoms with E-state index >= 15 is 0 Å². The predicted molar refractivity (Wildman–Crippen MR) is 116 cm³/mol. The monoisotopic (exact) mass is 455 g/mol. The topological polar surface area (TPSA) is 105 Å². The lowest BCUT2D eigenvalue weighted by Crippen LogP contribution is -2.52. The zero-order chi connectivity index (χ0) is 23.4. The van der Waals surface area contributed by atoms with Gasteiger partial charge in [-0.25, -0.2) is 9.59 Å². The van der Waals surface area contributed by atoms with Crippen LogP contribution in [0.5, 0.6) is 0 Å². The molecule has 1 aliphatic heterocycles. The molecule has 174 valence electrons. The van der Waals surface area contributed by atoms with Crippen molar-refractivity contribution in [3.05, 3.63) is 35.9 Å². The minimum atomic E-state index is -4.06. The smallest absolute Gasteiger partial charge is 0.424 e. The van der Waals surface area contributed by atoms with E-state index in [0.29, 0.717) is 0 Å². The molecular formula is C21H33N3O6S. The van der Waals surface area contributed by atoms with E-state index in [1.54, 1.807) is 32.9 Å². The molecule has 0 spiro atoms. The Balaban J connectivity index is 2.04. The number of hydrogen-bond donors (Lipinski definition) is 1. The van der Waals surface area contributed by atoms with Crippen molar-refractivity contribution in [2.45, 2.75) is 59.8 Å². The Morgan fingerprint density at radius 2 is 1.68 bits per heavy atom. The quantitative estimate of drug-likeness (QED) is 0.731. The lowest BCUT2D eigenvalue weighted by molar-refractivity contribution is 0.0454. The van der Waals surface area contributed by atoms with Crippen LogP contribution in [0.3, 0.4) is 0 Å². The highest BCUT2D eigenvalue weighted by atomic mass is 32.2. The molecule has 1 aromatic carbocycles. The predicted octanol–water partition coefficient (Wildman–Crippen LogP) is 3.13. The maximum Gasteiger partial charge on any atom is 0.424 e. The van der Waals surface area contributed by atoms with Gasteiger partial charge < -0.3 is 14.8 Å². The zero-order valence-corrected chi connectivity index (χ0v) is 19.9. The number of rotatable bonds is 5. The Bertz CT molecular complexity index is 875. The zero-order valence-electron chi connectivity index (χ0n) is 19.0. The highest BCUT2D eigenvalue weighted by molar-refractivity contribution is 7.87. The largest absolute Gasteiger partial charge is 0.444 e. The van der Waals surface area contributed by atoms with Crippen LogP contribution in [0.15, 0.2) is 30.3 Å². The van der Waals surface area contributed by atoms with Crippen molar-refractivity contribution in [2.24, 2.45) is 5.41 Å². The van der Waals surface area contributed by atoms with Gasteiger partial charge in [-0.1, -0.05) is 51.1 Å². The molecule has 1 aromatic rings. The normalized spacial score (nSPS) is 17.8. The third-order valence-electron chi connectivity index (χ3n) is 4.69. The SMILES string of the molecule is CC(C)(C)OC(=O)N[C@@H](CN1CCN(C(=O)OCc2ccccc2)S1(=O)=O)C(C)(C)C. The summed E-state index contributed by atoms with van der Waals surface area (Å²) >= 11 is 0. The summed E-state index contributed by atoms with van der Waals surface area (Å²) in [5, 5.41) is 2.77. The fraction of sp³-hybridized carbons (Fsp3) is 0.619. The highest BCUT2D eigenvalue weighted by Gasteiger charge is 2.43. The molecule has 0 saturated carbocycles. The Morgan fingerprint density at radius 1 is 1.06 bits per heavy atom. The molecule has 1 saturated heterocycles. The van der Waals surface area contributed by atoms with Gasteiger partial charge >= 0.3 is 22.4 Å². The van der Waals surface area contributed by atoms with Crippen LogP contribution in [0.4, 0.5) is 9.59 Å². The van der Waals surface area contributed by atoms with Crippen LogP contribution < -0.4 is 5.32 Å². The number of amides is 2.